The number of hydrogen-bond donors (Lipinski definition) is 1. The van der Waals surface area contributed by atoms with Crippen molar-refractivity contribution in [3.8, 4) is 11.4 Å². The number of benzene rings is 1. The molecule has 0 atom stereocenters. The Bertz CT molecular complexity index is 479. The molecule has 0 aliphatic heterocycles. The molecule has 4 heteroatoms. The van der Waals surface area contributed by atoms with Crippen LogP contribution >= 0.6 is 0 Å². The van der Waals surface area contributed by atoms with E-state index in [1.165, 1.54) is 0 Å². The van der Waals surface area contributed by atoms with E-state index in [1.807, 2.05) is 24.3 Å². The van der Waals surface area contributed by atoms with E-state index >= 15 is 0 Å². The van der Waals surface area contributed by atoms with Gasteiger partial charge >= 0.3 is 0 Å². The zero-order valence-electron chi connectivity index (χ0n) is 8.63. The largest absolute Gasteiger partial charge is 0.369 e. The van der Waals surface area contributed by atoms with E-state index in [9.17, 15) is 4.79 Å². The number of nitrogens with two attached hydrogens (primary N) is 1. The van der Waals surface area contributed by atoms with E-state index in [4.69, 9.17) is 5.73 Å². The average Bonchev–Trinajstić information content (AvgIpc) is 2.30. The molecule has 2 N–H and O–H groups in total. The Morgan fingerprint density at radius 2 is 1.75 bits per heavy atom. The number of hydrogen-bond acceptors (Lipinski definition) is 3. The molecule has 0 bridgehead atoms. The number of aromatic nitrogens is 2. The number of amides is 1. The van der Waals surface area contributed by atoms with Crippen molar-refractivity contribution in [3.05, 3.63) is 48.3 Å². The van der Waals surface area contributed by atoms with Crippen LogP contribution in [0.1, 0.15) is 5.56 Å². The summed E-state index contributed by atoms with van der Waals surface area (Å²) < 4.78 is 0. The molecule has 4 nitrogen and oxygen atoms in total. The van der Waals surface area contributed by atoms with Crippen molar-refractivity contribution in [2.24, 2.45) is 5.73 Å². The molecule has 80 valence electrons. The zero-order valence-corrected chi connectivity index (χ0v) is 8.63. The average molecular weight is 213 g/mol. The summed E-state index contributed by atoms with van der Waals surface area (Å²) in [5, 5.41) is 0. The van der Waals surface area contributed by atoms with Crippen LogP contribution < -0.4 is 5.73 Å². The minimum Gasteiger partial charge on any atom is -0.369 e. The summed E-state index contributed by atoms with van der Waals surface area (Å²) in [4.78, 5) is 19.0. The van der Waals surface area contributed by atoms with Crippen LogP contribution in [0.5, 0.6) is 0 Å². The van der Waals surface area contributed by atoms with Gasteiger partial charge in [-0.3, -0.25) is 4.79 Å². The molecule has 16 heavy (non-hydrogen) atoms. The van der Waals surface area contributed by atoms with Crippen molar-refractivity contribution in [2.75, 3.05) is 0 Å². The maximum absolute atomic E-state index is 10.7. The van der Waals surface area contributed by atoms with Gasteiger partial charge in [0.25, 0.3) is 0 Å². The minimum absolute atomic E-state index is 0.260. The first-order valence-corrected chi connectivity index (χ1v) is 4.90. The van der Waals surface area contributed by atoms with Gasteiger partial charge in [0.1, 0.15) is 0 Å². The van der Waals surface area contributed by atoms with E-state index < -0.39 is 0 Å². The Morgan fingerprint density at radius 3 is 2.31 bits per heavy atom. The Hall–Kier alpha value is -2.23. The first-order chi connectivity index (χ1) is 7.75. The molecule has 2 aromatic rings. The van der Waals surface area contributed by atoms with Gasteiger partial charge in [0.15, 0.2) is 5.82 Å². The highest BCUT2D eigenvalue weighted by molar-refractivity contribution is 5.76. The van der Waals surface area contributed by atoms with Gasteiger partial charge in [0.05, 0.1) is 6.42 Å². The summed E-state index contributed by atoms with van der Waals surface area (Å²) in [5.74, 6) is 0.344. The van der Waals surface area contributed by atoms with E-state index in [1.54, 1.807) is 18.5 Å². The van der Waals surface area contributed by atoms with Gasteiger partial charge in [-0.15, -0.1) is 0 Å². The van der Waals surface area contributed by atoms with Gasteiger partial charge in [0, 0.05) is 18.0 Å². The highest BCUT2D eigenvalue weighted by Crippen LogP contribution is 2.14. The summed E-state index contributed by atoms with van der Waals surface area (Å²) in [6, 6.07) is 9.25. The van der Waals surface area contributed by atoms with Crippen LogP contribution in [0.2, 0.25) is 0 Å². The Morgan fingerprint density at radius 1 is 1.12 bits per heavy atom. The minimum atomic E-state index is -0.330. The van der Waals surface area contributed by atoms with Crippen molar-refractivity contribution >= 4 is 5.91 Å². The maximum Gasteiger partial charge on any atom is 0.221 e. The lowest BCUT2D eigenvalue weighted by Gasteiger charge is -2.01. The predicted molar refractivity (Wildman–Crippen MR) is 60.4 cm³/mol. The van der Waals surface area contributed by atoms with Crippen molar-refractivity contribution in [3.63, 3.8) is 0 Å². The standard InChI is InChI=1S/C12H11N3O/c13-11(16)8-9-2-4-10(5-3-9)12-14-6-1-7-15-12/h1-7H,8H2,(H2,13,16). The molecule has 1 aromatic heterocycles. The summed E-state index contributed by atoms with van der Waals surface area (Å²) in [6.45, 7) is 0. The van der Waals surface area contributed by atoms with E-state index in [2.05, 4.69) is 9.97 Å². The molecular weight excluding hydrogens is 202 g/mol. The second-order valence-electron chi connectivity index (χ2n) is 3.41. The van der Waals surface area contributed by atoms with Crippen LogP contribution in [-0.4, -0.2) is 15.9 Å². The van der Waals surface area contributed by atoms with Crippen LogP contribution in [0.15, 0.2) is 42.7 Å². The van der Waals surface area contributed by atoms with Crippen molar-refractivity contribution in [2.45, 2.75) is 6.42 Å². The van der Waals surface area contributed by atoms with Crippen LogP contribution in [0.25, 0.3) is 11.4 Å². The van der Waals surface area contributed by atoms with Crippen molar-refractivity contribution < 1.29 is 4.79 Å². The van der Waals surface area contributed by atoms with E-state index in [0.29, 0.717) is 5.82 Å². The third-order valence-electron chi connectivity index (χ3n) is 2.16. The molecule has 0 aliphatic carbocycles. The first-order valence-electron chi connectivity index (χ1n) is 4.90. The molecule has 0 spiro atoms. The van der Waals surface area contributed by atoms with Gasteiger partial charge < -0.3 is 5.73 Å². The fourth-order valence-electron chi connectivity index (χ4n) is 1.42. The quantitative estimate of drug-likeness (QED) is 0.832. The number of carbonyl (C=O) groups excluding carboxylic acids is 1. The van der Waals surface area contributed by atoms with Crippen LogP contribution in [0, 0.1) is 0 Å². The van der Waals surface area contributed by atoms with Gasteiger partial charge in [-0.1, -0.05) is 24.3 Å². The second-order valence-corrected chi connectivity index (χ2v) is 3.41. The van der Waals surface area contributed by atoms with Gasteiger partial charge in [-0.05, 0) is 11.6 Å². The molecule has 0 unspecified atom stereocenters. The lowest BCUT2D eigenvalue weighted by molar-refractivity contribution is -0.117. The Kier molecular flexibility index (Phi) is 2.91. The Labute approximate surface area is 93.2 Å². The third-order valence-corrected chi connectivity index (χ3v) is 2.16. The fourth-order valence-corrected chi connectivity index (χ4v) is 1.42. The lowest BCUT2D eigenvalue weighted by atomic mass is 10.1. The van der Waals surface area contributed by atoms with Gasteiger partial charge in [-0.2, -0.15) is 0 Å². The SMILES string of the molecule is NC(=O)Cc1ccc(-c2ncccn2)cc1. The third kappa shape index (κ3) is 2.42. The van der Waals surface area contributed by atoms with E-state index in [0.717, 1.165) is 11.1 Å². The summed E-state index contributed by atoms with van der Waals surface area (Å²) >= 11 is 0. The molecule has 0 fully saturated rings. The van der Waals surface area contributed by atoms with Crippen molar-refractivity contribution in [1.82, 2.24) is 9.97 Å². The predicted octanol–water partition coefficient (Wildman–Crippen LogP) is 1.17. The molecule has 0 radical (unpaired) electrons. The van der Waals surface area contributed by atoms with Crippen LogP contribution in [-0.2, 0) is 11.2 Å². The number of rotatable bonds is 3. The van der Waals surface area contributed by atoms with Gasteiger partial charge in [0.2, 0.25) is 5.91 Å². The monoisotopic (exact) mass is 213 g/mol. The fraction of sp³-hybridized carbons (Fsp3) is 0.0833. The van der Waals surface area contributed by atoms with Crippen LogP contribution in [0.4, 0.5) is 0 Å². The summed E-state index contributed by atoms with van der Waals surface area (Å²) in [7, 11) is 0. The van der Waals surface area contributed by atoms with Gasteiger partial charge in [-0.25, -0.2) is 9.97 Å². The molecular formula is C12H11N3O. The highest BCUT2D eigenvalue weighted by atomic mass is 16.1. The molecule has 2 rings (SSSR count). The molecule has 0 saturated heterocycles. The highest BCUT2D eigenvalue weighted by Gasteiger charge is 2.01. The molecule has 1 amide bonds. The molecule has 0 saturated carbocycles. The number of nitrogens with zero attached hydrogens (tertiary/aromatic N) is 2. The van der Waals surface area contributed by atoms with Crippen LogP contribution in [0.3, 0.4) is 0 Å². The second kappa shape index (κ2) is 4.53. The number of carbonyl (C=O) groups is 1. The topological polar surface area (TPSA) is 68.9 Å². The van der Waals surface area contributed by atoms with Crippen molar-refractivity contribution in [1.29, 1.82) is 0 Å². The summed E-state index contributed by atoms with van der Waals surface area (Å²) in [5.41, 5.74) is 6.93. The first kappa shape index (κ1) is 10.3. The molecule has 1 heterocycles. The molecule has 0 aliphatic rings. The van der Waals surface area contributed by atoms with E-state index in [-0.39, 0.29) is 12.3 Å². The smallest absolute Gasteiger partial charge is 0.221 e. The lowest BCUT2D eigenvalue weighted by Crippen LogP contribution is -2.13. The zero-order chi connectivity index (χ0) is 11.4. The number of primary amides is 1. The molecule has 1 aromatic carbocycles. The maximum atomic E-state index is 10.7. The normalized spacial score (nSPS) is 10.0. The Balaban J connectivity index is 2.23. The summed E-state index contributed by atoms with van der Waals surface area (Å²) in [6.07, 6.45) is 3.65.